The van der Waals surface area contributed by atoms with Gasteiger partial charge in [-0.1, -0.05) is 15.9 Å². The van der Waals surface area contributed by atoms with E-state index in [2.05, 4.69) is 26.0 Å². The van der Waals surface area contributed by atoms with Crippen molar-refractivity contribution >= 4 is 27.8 Å². The molecule has 0 saturated carbocycles. The fourth-order valence-electron chi connectivity index (χ4n) is 0.604. The van der Waals surface area contributed by atoms with Crippen LogP contribution in [0, 0.1) is 0 Å². The Labute approximate surface area is 86.1 Å². The Morgan fingerprint density at radius 3 is 2.23 bits per heavy atom. The molecule has 0 aliphatic rings. The fraction of sp³-hybridized carbons (Fsp3) is 0.750. The molecule has 0 radical (unpaired) electrons. The summed E-state index contributed by atoms with van der Waals surface area (Å²) >= 11 is 3.18. The summed E-state index contributed by atoms with van der Waals surface area (Å²) < 4.78 is 3.79. The van der Waals surface area contributed by atoms with Gasteiger partial charge >= 0.3 is 5.97 Å². The molecule has 0 spiro atoms. The third kappa shape index (κ3) is 4.26. The zero-order valence-corrected chi connectivity index (χ0v) is 9.77. The Kier molecular flexibility index (Phi) is 4.39. The van der Waals surface area contributed by atoms with Gasteiger partial charge in [0.05, 0.1) is 11.4 Å². The zero-order valence-electron chi connectivity index (χ0n) is 8.18. The number of hydrogen-bond acceptors (Lipinski definition) is 3. The summed E-state index contributed by atoms with van der Waals surface area (Å²) in [6.45, 7) is 4.97. The van der Waals surface area contributed by atoms with E-state index in [9.17, 15) is 9.59 Å². The van der Waals surface area contributed by atoms with Crippen molar-refractivity contribution < 1.29 is 14.3 Å². The summed E-state index contributed by atoms with van der Waals surface area (Å²) in [6, 6.07) is -0.616. The molecular weight excluding hydrogens is 238 g/mol. The van der Waals surface area contributed by atoms with E-state index in [-0.39, 0.29) is 5.91 Å². The van der Waals surface area contributed by atoms with Gasteiger partial charge in [-0.3, -0.25) is 4.79 Å². The number of esters is 1. The minimum Gasteiger partial charge on any atom is -0.467 e. The summed E-state index contributed by atoms with van der Waals surface area (Å²) in [6.07, 6.45) is 0. The summed E-state index contributed by atoms with van der Waals surface area (Å²) in [4.78, 5) is 22.3. The average Bonchev–Trinajstić information content (AvgIpc) is 2.01. The maximum atomic E-state index is 11.3. The van der Waals surface area contributed by atoms with Crippen LogP contribution in [0.25, 0.3) is 0 Å². The molecule has 76 valence electrons. The van der Waals surface area contributed by atoms with Crippen LogP contribution in [0.3, 0.4) is 0 Å². The van der Waals surface area contributed by atoms with Gasteiger partial charge in [-0.2, -0.15) is 0 Å². The second kappa shape index (κ2) is 4.60. The number of hydrogen-bond donors (Lipinski definition) is 1. The normalized spacial score (nSPS) is 13.3. The highest BCUT2D eigenvalue weighted by atomic mass is 79.9. The van der Waals surface area contributed by atoms with E-state index in [0.717, 1.165) is 0 Å². The summed E-state index contributed by atoms with van der Waals surface area (Å²) in [5.41, 5.74) is 0. The van der Waals surface area contributed by atoms with Gasteiger partial charge in [0, 0.05) is 0 Å². The van der Waals surface area contributed by atoms with Crippen LogP contribution in [-0.4, -0.2) is 29.4 Å². The first kappa shape index (κ1) is 12.4. The van der Waals surface area contributed by atoms with Crippen molar-refractivity contribution in [3.8, 4) is 0 Å². The van der Waals surface area contributed by atoms with Crippen LogP contribution in [0.15, 0.2) is 0 Å². The summed E-state index contributed by atoms with van der Waals surface area (Å²) in [7, 11) is 1.28. The average molecular weight is 252 g/mol. The van der Waals surface area contributed by atoms with E-state index in [0.29, 0.717) is 0 Å². The molecule has 13 heavy (non-hydrogen) atoms. The fourth-order valence-corrected chi connectivity index (χ4v) is 0.718. The first-order chi connectivity index (χ1) is 5.79. The number of halogens is 1. The van der Waals surface area contributed by atoms with Crippen LogP contribution >= 0.6 is 15.9 Å². The topological polar surface area (TPSA) is 55.4 Å². The number of amides is 1. The van der Waals surface area contributed by atoms with E-state index in [4.69, 9.17) is 0 Å². The molecule has 0 fully saturated rings. The van der Waals surface area contributed by atoms with Crippen molar-refractivity contribution in [2.45, 2.75) is 31.1 Å². The highest BCUT2D eigenvalue weighted by molar-refractivity contribution is 9.10. The lowest BCUT2D eigenvalue weighted by atomic mass is 10.2. The highest BCUT2D eigenvalue weighted by Crippen LogP contribution is 2.15. The van der Waals surface area contributed by atoms with E-state index >= 15 is 0 Å². The van der Waals surface area contributed by atoms with Crippen LogP contribution in [0.1, 0.15) is 20.8 Å². The number of rotatable bonds is 3. The van der Waals surface area contributed by atoms with Crippen molar-refractivity contribution in [2.75, 3.05) is 7.11 Å². The van der Waals surface area contributed by atoms with Gasteiger partial charge in [-0.05, 0) is 20.8 Å². The van der Waals surface area contributed by atoms with Crippen molar-refractivity contribution in [3.63, 3.8) is 0 Å². The molecule has 0 aromatic rings. The molecule has 1 amide bonds. The predicted molar refractivity (Wildman–Crippen MR) is 52.6 cm³/mol. The maximum Gasteiger partial charge on any atom is 0.328 e. The predicted octanol–water partition coefficient (Wildman–Crippen LogP) is 0.838. The molecule has 0 aromatic carbocycles. The monoisotopic (exact) mass is 251 g/mol. The molecule has 5 heteroatoms. The Hall–Kier alpha value is -0.580. The van der Waals surface area contributed by atoms with E-state index in [1.807, 2.05) is 0 Å². The van der Waals surface area contributed by atoms with Gasteiger partial charge in [0.15, 0.2) is 0 Å². The van der Waals surface area contributed by atoms with Crippen LogP contribution in [0.5, 0.6) is 0 Å². The van der Waals surface area contributed by atoms with Gasteiger partial charge < -0.3 is 10.1 Å². The van der Waals surface area contributed by atoms with Crippen molar-refractivity contribution in [1.29, 1.82) is 0 Å². The Morgan fingerprint density at radius 2 is 1.92 bits per heavy atom. The van der Waals surface area contributed by atoms with Gasteiger partial charge in [0.25, 0.3) is 0 Å². The Balaban J connectivity index is 4.15. The van der Waals surface area contributed by atoms with Crippen LogP contribution in [-0.2, 0) is 14.3 Å². The molecule has 1 atom stereocenters. The highest BCUT2D eigenvalue weighted by Gasteiger charge is 2.26. The number of carbonyl (C=O) groups excluding carboxylic acids is 2. The first-order valence-corrected chi connectivity index (χ1v) is 4.66. The standard InChI is InChI=1S/C8H14BrNO3/c1-5(6(11)13-4)10-7(12)8(2,3)9/h5H,1-4H3,(H,10,12). The number of nitrogens with one attached hydrogen (secondary N) is 1. The molecule has 1 N–H and O–H groups in total. The molecule has 0 bridgehead atoms. The summed E-state index contributed by atoms with van der Waals surface area (Å²) in [5, 5.41) is 2.51. The Morgan fingerprint density at radius 1 is 1.46 bits per heavy atom. The number of alkyl halides is 1. The van der Waals surface area contributed by atoms with Gasteiger partial charge in [0.2, 0.25) is 5.91 Å². The van der Waals surface area contributed by atoms with Crippen LogP contribution < -0.4 is 5.32 Å². The molecule has 0 aliphatic heterocycles. The van der Waals surface area contributed by atoms with E-state index in [1.54, 1.807) is 20.8 Å². The zero-order chi connectivity index (χ0) is 10.6. The maximum absolute atomic E-state index is 11.3. The molecule has 0 aliphatic carbocycles. The van der Waals surface area contributed by atoms with Crippen molar-refractivity contribution in [2.24, 2.45) is 0 Å². The second-order valence-corrected chi connectivity index (χ2v) is 5.17. The largest absolute Gasteiger partial charge is 0.467 e. The van der Waals surface area contributed by atoms with Crippen LogP contribution in [0.4, 0.5) is 0 Å². The molecule has 0 saturated heterocycles. The smallest absolute Gasteiger partial charge is 0.328 e. The third-order valence-corrected chi connectivity index (χ3v) is 1.80. The first-order valence-electron chi connectivity index (χ1n) is 3.86. The van der Waals surface area contributed by atoms with E-state index < -0.39 is 16.3 Å². The van der Waals surface area contributed by atoms with Crippen LogP contribution in [0.2, 0.25) is 0 Å². The number of ether oxygens (including phenoxy) is 1. The van der Waals surface area contributed by atoms with Crippen molar-refractivity contribution in [3.05, 3.63) is 0 Å². The van der Waals surface area contributed by atoms with Gasteiger partial charge in [-0.15, -0.1) is 0 Å². The minimum atomic E-state index is -0.671. The lowest BCUT2D eigenvalue weighted by molar-refractivity contribution is -0.144. The quantitative estimate of drug-likeness (QED) is 0.598. The molecule has 0 aromatic heterocycles. The Bertz CT molecular complexity index is 210. The summed E-state index contributed by atoms with van der Waals surface area (Å²) in [5.74, 6) is -0.699. The molecule has 0 heterocycles. The number of carbonyl (C=O) groups is 2. The van der Waals surface area contributed by atoms with Gasteiger partial charge in [-0.25, -0.2) is 4.79 Å². The number of methoxy groups -OCH3 is 1. The van der Waals surface area contributed by atoms with Gasteiger partial charge in [0.1, 0.15) is 6.04 Å². The molecule has 0 rings (SSSR count). The SMILES string of the molecule is COC(=O)C(C)NC(=O)C(C)(C)Br. The van der Waals surface area contributed by atoms with Crippen molar-refractivity contribution in [1.82, 2.24) is 5.32 Å². The molecule has 4 nitrogen and oxygen atoms in total. The third-order valence-electron chi connectivity index (χ3n) is 1.44. The molecular formula is C8H14BrNO3. The second-order valence-electron chi connectivity index (χ2n) is 3.19. The lowest BCUT2D eigenvalue weighted by Gasteiger charge is -2.18. The molecule has 1 unspecified atom stereocenters. The van der Waals surface area contributed by atoms with E-state index in [1.165, 1.54) is 7.11 Å². The minimum absolute atomic E-state index is 0.245. The lowest BCUT2D eigenvalue weighted by Crippen LogP contribution is -2.46.